The third-order valence-corrected chi connectivity index (χ3v) is 3.34. The Morgan fingerprint density at radius 1 is 1.39 bits per heavy atom. The predicted octanol–water partition coefficient (Wildman–Crippen LogP) is 3.14. The van der Waals surface area contributed by atoms with E-state index in [4.69, 9.17) is 17.3 Å². The molecule has 1 aromatic carbocycles. The molecule has 0 aliphatic heterocycles. The number of rotatable bonds is 3. The van der Waals surface area contributed by atoms with Crippen molar-refractivity contribution in [2.24, 2.45) is 7.05 Å². The monoisotopic (exact) mass is 264 g/mol. The summed E-state index contributed by atoms with van der Waals surface area (Å²) in [5, 5.41) is 8.37. The second-order valence-electron chi connectivity index (χ2n) is 4.36. The summed E-state index contributed by atoms with van der Waals surface area (Å²) in [6.07, 6.45) is 0. The molecular weight excluding hydrogens is 248 g/mol. The summed E-state index contributed by atoms with van der Waals surface area (Å²) < 4.78 is 1.75. The lowest BCUT2D eigenvalue weighted by Crippen LogP contribution is -2.11. The van der Waals surface area contributed by atoms with Crippen LogP contribution in [0.2, 0.25) is 5.02 Å². The van der Waals surface area contributed by atoms with Crippen molar-refractivity contribution in [2.45, 2.75) is 19.9 Å². The molecule has 3 N–H and O–H groups in total. The molecule has 4 nitrogen and oxygen atoms in total. The summed E-state index contributed by atoms with van der Waals surface area (Å²) in [5.74, 6) is 0.819. The Kier molecular flexibility index (Phi) is 3.48. The third-order valence-electron chi connectivity index (χ3n) is 2.99. The van der Waals surface area contributed by atoms with Crippen LogP contribution in [0.5, 0.6) is 0 Å². The summed E-state index contributed by atoms with van der Waals surface area (Å²) in [4.78, 5) is 0. The van der Waals surface area contributed by atoms with Crippen LogP contribution < -0.4 is 11.1 Å². The van der Waals surface area contributed by atoms with E-state index in [2.05, 4.69) is 10.4 Å². The summed E-state index contributed by atoms with van der Waals surface area (Å²) in [6, 6.07) is 7.83. The Morgan fingerprint density at radius 2 is 2.06 bits per heavy atom. The fraction of sp³-hybridized carbons (Fsp3) is 0.308. The van der Waals surface area contributed by atoms with E-state index in [0.29, 0.717) is 5.69 Å². The van der Waals surface area contributed by atoms with Crippen molar-refractivity contribution >= 4 is 23.1 Å². The number of nitrogen functional groups attached to an aromatic ring is 1. The molecule has 1 aromatic heterocycles. The van der Waals surface area contributed by atoms with Crippen molar-refractivity contribution in [1.29, 1.82) is 0 Å². The summed E-state index contributed by atoms with van der Waals surface area (Å²) in [5.41, 5.74) is 8.53. The highest BCUT2D eigenvalue weighted by molar-refractivity contribution is 6.31. The van der Waals surface area contributed by atoms with E-state index in [1.165, 1.54) is 0 Å². The van der Waals surface area contributed by atoms with Crippen LogP contribution in [-0.4, -0.2) is 9.78 Å². The number of anilines is 2. The summed E-state index contributed by atoms with van der Waals surface area (Å²) in [7, 11) is 1.87. The van der Waals surface area contributed by atoms with Gasteiger partial charge in [-0.2, -0.15) is 5.10 Å². The Labute approximate surface area is 112 Å². The highest BCUT2D eigenvalue weighted by atomic mass is 35.5. The summed E-state index contributed by atoms with van der Waals surface area (Å²) >= 11 is 6.18. The predicted molar refractivity (Wildman–Crippen MR) is 75.8 cm³/mol. The maximum Gasteiger partial charge on any atom is 0.148 e. The molecule has 2 aromatic rings. The van der Waals surface area contributed by atoms with E-state index in [1.54, 1.807) is 4.68 Å². The van der Waals surface area contributed by atoms with Crippen LogP contribution in [0.4, 0.5) is 11.5 Å². The Hall–Kier alpha value is -1.68. The quantitative estimate of drug-likeness (QED) is 0.895. The third kappa shape index (κ3) is 2.29. The number of nitrogens with one attached hydrogen (secondary N) is 1. The van der Waals surface area contributed by atoms with Gasteiger partial charge in [0.25, 0.3) is 0 Å². The lowest BCUT2D eigenvalue weighted by Gasteiger charge is -2.17. The van der Waals surface area contributed by atoms with E-state index in [0.717, 1.165) is 22.1 Å². The molecule has 5 heteroatoms. The molecule has 1 unspecified atom stereocenters. The number of nitrogens with zero attached hydrogens (tertiary/aromatic N) is 2. The van der Waals surface area contributed by atoms with Crippen LogP contribution in [0.25, 0.3) is 0 Å². The molecule has 1 atom stereocenters. The minimum atomic E-state index is 0.0656. The minimum absolute atomic E-state index is 0.0656. The van der Waals surface area contributed by atoms with Crippen molar-refractivity contribution in [1.82, 2.24) is 9.78 Å². The molecule has 18 heavy (non-hydrogen) atoms. The minimum Gasteiger partial charge on any atom is -0.394 e. The molecule has 0 saturated heterocycles. The number of hydrogen-bond donors (Lipinski definition) is 2. The molecule has 0 amide bonds. The average molecular weight is 265 g/mol. The van der Waals surface area contributed by atoms with Gasteiger partial charge in [-0.1, -0.05) is 29.8 Å². The van der Waals surface area contributed by atoms with Crippen molar-refractivity contribution in [2.75, 3.05) is 11.1 Å². The van der Waals surface area contributed by atoms with Gasteiger partial charge in [0.2, 0.25) is 0 Å². The molecule has 0 aliphatic carbocycles. The van der Waals surface area contributed by atoms with E-state index in [1.807, 2.05) is 45.2 Å². The van der Waals surface area contributed by atoms with Gasteiger partial charge in [0.1, 0.15) is 5.82 Å². The van der Waals surface area contributed by atoms with Crippen LogP contribution in [0.3, 0.4) is 0 Å². The zero-order valence-electron chi connectivity index (χ0n) is 10.7. The standard InChI is InChI=1S/C13H17ClN4/c1-8(10-6-4-5-7-11(10)14)16-13-12(15)9(2)17-18(13)3/h4-8,16H,15H2,1-3H3. The summed E-state index contributed by atoms with van der Waals surface area (Å²) in [6.45, 7) is 3.93. The fourth-order valence-corrected chi connectivity index (χ4v) is 2.25. The van der Waals surface area contributed by atoms with E-state index in [-0.39, 0.29) is 6.04 Å². The molecule has 0 aliphatic rings. The normalized spacial score (nSPS) is 12.4. The van der Waals surface area contributed by atoms with Crippen LogP contribution >= 0.6 is 11.6 Å². The number of halogens is 1. The largest absolute Gasteiger partial charge is 0.394 e. The van der Waals surface area contributed by atoms with Gasteiger partial charge in [-0.3, -0.25) is 4.68 Å². The zero-order valence-corrected chi connectivity index (χ0v) is 11.5. The van der Waals surface area contributed by atoms with Gasteiger partial charge in [-0.05, 0) is 25.5 Å². The molecule has 0 bridgehead atoms. The van der Waals surface area contributed by atoms with E-state index in [9.17, 15) is 0 Å². The number of aromatic nitrogens is 2. The van der Waals surface area contributed by atoms with Gasteiger partial charge in [0, 0.05) is 12.1 Å². The second-order valence-corrected chi connectivity index (χ2v) is 4.77. The zero-order chi connectivity index (χ0) is 13.3. The molecular formula is C13H17ClN4. The van der Waals surface area contributed by atoms with Crippen LogP contribution in [0.15, 0.2) is 24.3 Å². The lowest BCUT2D eigenvalue weighted by atomic mass is 10.1. The molecule has 0 fully saturated rings. The highest BCUT2D eigenvalue weighted by Crippen LogP contribution is 2.29. The lowest BCUT2D eigenvalue weighted by molar-refractivity contribution is 0.742. The van der Waals surface area contributed by atoms with Crippen LogP contribution in [0.1, 0.15) is 24.2 Å². The van der Waals surface area contributed by atoms with E-state index >= 15 is 0 Å². The molecule has 0 spiro atoms. The first-order chi connectivity index (χ1) is 8.50. The van der Waals surface area contributed by atoms with Gasteiger partial charge in [-0.15, -0.1) is 0 Å². The number of aryl methyl sites for hydroxylation is 2. The van der Waals surface area contributed by atoms with Crippen molar-refractivity contribution < 1.29 is 0 Å². The Bertz CT molecular complexity index is 562. The first kappa shape index (κ1) is 12.8. The van der Waals surface area contributed by atoms with Crippen molar-refractivity contribution in [3.05, 3.63) is 40.5 Å². The molecule has 0 saturated carbocycles. The van der Waals surface area contributed by atoms with Crippen molar-refractivity contribution in [3.63, 3.8) is 0 Å². The SMILES string of the molecule is Cc1nn(C)c(NC(C)c2ccccc2Cl)c1N. The van der Waals surface area contributed by atoms with Gasteiger partial charge in [0.15, 0.2) is 0 Å². The first-order valence-corrected chi connectivity index (χ1v) is 6.18. The molecule has 2 rings (SSSR count). The first-order valence-electron chi connectivity index (χ1n) is 5.80. The Morgan fingerprint density at radius 3 is 2.61 bits per heavy atom. The maximum atomic E-state index is 6.18. The van der Waals surface area contributed by atoms with Gasteiger partial charge >= 0.3 is 0 Å². The second kappa shape index (κ2) is 4.90. The topological polar surface area (TPSA) is 55.9 Å². The molecule has 1 heterocycles. The molecule has 0 radical (unpaired) electrons. The fourth-order valence-electron chi connectivity index (χ4n) is 1.95. The van der Waals surface area contributed by atoms with Gasteiger partial charge in [-0.25, -0.2) is 0 Å². The van der Waals surface area contributed by atoms with Crippen LogP contribution in [-0.2, 0) is 7.05 Å². The maximum absolute atomic E-state index is 6.18. The van der Waals surface area contributed by atoms with E-state index < -0.39 is 0 Å². The average Bonchev–Trinajstić information content (AvgIpc) is 2.56. The van der Waals surface area contributed by atoms with Crippen LogP contribution in [0, 0.1) is 6.92 Å². The Balaban J connectivity index is 2.27. The number of nitrogens with two attached hydrogens (primary N) is 1. The van der Waals surface area contributed by atoms with Gasteiger partial charge < -0.3 is 11.1 Å². The number of hydrogen-bond acceptors (Lipinski definition) is 3. The smallest absolute Gasteiger partial charge is 0.148 e. The highest BCUT2D eigenvalue weighted by Gasteiger charge is 2.14. The molecule has 96 valence electrons. The van der Waals surface area contributed by atoms with Crippen molar-refractivity contribution in [3.8, 4) is 0 Å². The number of benzene rings is 1. The van der Waals surface area contributed by atoms with Gasteiger partial charge in [0.05, 0.1) is 17.4 Å².